The molecule has 2 radical (unpaired) electrons. The summed E-state index contributed by atoms with van der Waals surface area (Å²) in [5, 5.41) is 0. The second-order valence-electron chi connectivity index (χ2n) is 3.10. The Bertz CT molecular complexity index is 94.9. The van der Waals surface area contributed by atoms with Crippen LogP contribution in [0.3, 0.4) is 0 Å². The lowest BCUT2D eigenvalue weighted by molar-refractivity contribution is 0.622. The van der Waals surface area contributed by atoms with Crippen molar-refractivity contribution in [2.75, 3.05) is 6.66 Å². The van der Waals surface area contributed by atoms with Crippen LogP contribution in [-0.4, -0.2) is 20.2 Å². The molecule has 2 heteroatoms. The van der Waals surface area contributed by atoms with Crippen molar-refractivity contribution in [3.8, 4) is 0 Å². The molecule has 0 bridgehead atoms. The van der Waals surface area contributed by atoms with E-state index in [4.69, 9.17) is 7.85 Å². The number of hydrogen-bond donors (Lipinski definition) is 0. The van der Waals surface area contributed by atoms with Crippen LogP contribution in [0.2, 0.25) is 5.82 Å². The lowest BCUT2D eigenvalue weighted by Crippen LogP contribution is -2.02. The predicted octanol–water partition coefficient (Wildman–Crippen LogP) is 2.05. The second-order valence-corrected chi connectivity index (χ2v) is 4.42. The molecule has 0 spiro atoms. The minimum atomic E-state index is 0.512. The SMILES string of the molecule is [B]C1CC(C)C(PC)C1. The predicted molar refractivity (Wildman–Crippen MR) is 45.9 cm³/mol. The van der Waals surface area contributed by atoms with Crippen molar-refractivity contribution in [1.29, 1.82) is 0 Å². The highest BCUT2D eigenvalue weighted by Crippen LogP contribution is 2.41. The second kappa shape index (κ2) is 3.06. The monoisotopic (exact) mass is 140 g/mol. The molecule has 0 aromatic heterocycles. The standard InChI is InChI=1S/C7H14BP/c1-5-3-6(8)4-7(5)9-2/h5-7,9H,3-4H2,1-2H3. The topological polar surface area (TPSA) is 0 Å². The third-order valence-electron chi connectivity index (χ3n) is 2.29. The zero-order chi connectivity index (χ0) is 6.85. The molecule has 50 valence electrons. The summed E-state index contributed by atoms with van der Waals surface area (Å²) in [4.78, 5) is 0. The van der Waals surface area contributed by atoms with Gasteiger partial charge < -0.3 is 0 Å². The Morgan fingerprint density at radius 2 is 2.11 bits per heavy atom. The number of hydrogen-bond acceptors (Lipinski definition) is 0. The van der Waals surface area contributed by atoms with Crippen molar-refractivity contribution >= 4 is 16.4 Å². The van der Waals surface area contributed by atoms with Gasteiger partial charge in [0.1, 0.15) is 0 Å². The molecule has 1 aliphatic carbocycles. The number of rotatable bonds is 1. The van der Waals surface area contributed by atoms with E-state index in [2.05, 4.69) is 13.6 Å². The van der Waals surface area contributed by atoms with Crippen LogP contribution < -0.4 is 0 Å². The Labute approximate surface area is 61.0 Å². The zero-order valence-electron chi connectivity index (χ0n) is 6.22. The fraction of sp³-hybridized carbons (Fsp3) is 1.00. The average molecular weight is 140 g/mol. The molecule has 0 aromatic rings. The molecule has 0 saturated heterocycles. The van der Waals surface area contributed by atoms with Gasteiger partial charge in [-0.2, -0.15) is 0 Å². The van der Waals surface area contributed by atoms with Crippen LogP contribution in [-0.2, 0) is 0 Å². The molecule has 0 heterocycles. The van der Waals surface area contributed by atoms with E-state index in [-0.39, 0.29) is 0 Å². The molecule has 0 aliphatic heterocycles. The summed E-state index contributed by atoms with van der Waals surface area (Å²) in [5.74, 6) is 1.40. The summed E-state index contributed by atoms with van der Waals surface area (Å²) >= 11 is 0. The Morgan fingerprint density at radius 1 is 1.44 bits per heavy atom. The lowest BCUT2D eigenvalue weighted by atomic mass is 9.86. The first-order valence-corrected chi connectivity index (χ1v) is 5.24. The van der Waals surface area contributed by atoms with E-state index in [0.717, 1.165) is 20.2 Å². The normalized spacial score (nSPS) is 44.9. The quantitative estimate of drug-likeness (QED) is 0.386. The van der Waals surface area contributed by atoms with Crippen molar-refractivity contribution in [1.82, 2.24) is 0 Å². The molecule has 0 nitrogen and oxygen atoms in total. The largest absolute Gasteiger partial charge is 0.122 e. The van der Waals surface area contributed by atoms with Gasteiger partial charge >= 0.3 is 0 Å². The van der Waals surface area contributed by atoms with E-state index in [0.29, 0.717) is 5.82 Å². The molecule has 0 amide bonds. The van der Waals surface area contributed by atoms with Gasteiger partial charge in [-0.1, -0.05) is 25.6 Å². The third kappa shape index (κ3) is 1.71. The molecule has 1 saturated carbocycles. The minimum Gasteiger partial charge on any atom is -0.122 e. The van der Waals surface area contributed by atoms with Gasteiger partial charge in [-0.15, -0.1) is 8.58 Å². The Morgan fingerprint density at radius 3 is 2.33 bits per heavy atom. The summed E-state index contributed by atoms with van der Waals surface area (Å²) in [6, 6.07) is 0. The minimum absolute atomic E-state index is 0.512. The summed E-state index contributed by atoms with van der Waals surface area (Å²) in [7, 11) is 6.89. The third-order valence-corrected chi connectivity index (χ3v) is 3.84. The van der Waals surface area contributed by atoms with Gasteiger partial charge in [0, 0.05) is 0 Å². The lowest BCUT2D eigenvalue weighted by Gasteiger charge is -2.10. The maximum absolute atomic E-state index is 5.80. The maximum atomic E-state index is 5.80. The molecule has 4 atom stereocenters. The van der Waals surface area contributed by atoms with Crippen molar-refractivity contribution in [2.45, 2.75) is 31.2 Å². The highest BCUT2D eigenvalue weighted by molar-refractivity contribution is 7.37. The van der Waals surface area contributed by atoms with Gasteiger partial charge in [0.2, 0.25) is 0 Å². The van der Waals surface area contributed by atoms with Crippen LogP contribution in [0.15, 0.2) is 0 Å². The van der Waals surface area contributed by atoms with Crippen LogP contribution in [0.1, 0.15) is 19.8 Å². The average Bonchev–Trinajstić information content (AvgIpc) is 2.10. The van der Waals surface area contributed by atoms with Crippen molar-refractivity contribution in [3.63, 3.8) is 0 Å². The molecular weight excluding hydrogens is 126 g/mol. The van der Waals surface area contributed by atoms with Crippen molar-refractivity contribution < 1.29 is 0 Å². The molecule has 1 fully saturated rings. The molecule has 1 aliphatic rings. The molecule has 9 heavy (non-hydrogen) atoms. The van der Waals surface area contributed by atoms with Crippen LogP contribution in [0.25, 0.3) is 0 Å². The van der Waals surface area contributed by atoms with E-state index in [9.17, 15) is 0 Å². The fourth-order valence-corrected chi connectivity index (χ4v) is 2.94. The van der Waals surface area contributed by atoms with Gasteiger partial charge in [0.15, 0.2) is 0 Å². The molecule has 1 rings (SSSR count). The Kier molecular flexibility index (Phi) is 2.58. The van der Waals surface area contributed by atoms with Gasteiger partial charge in [-0.25, -0.2) is 0 Å². The van der Waals surface area contributed by atoms with Gasteiger partial charge in [-0.05, 0) is 18.2 Å². The van der Waals surface area contributed by atoms with Crippen molar-refractivity contribution in [3.05, 3.63) is 0 Å². The van der Waals surface area contributed by atoms with E-state index >= 15 is 0 Å². The molecule has 0 aromatic carbocycles. The van der Waals surface area contributed by atoms with Crippen molar-refractivity contribution in [2.24, 2.45) is 5.92 Å². The van der Waals surface area contributed by atoms with Crippen LogP contribution in [0.4, 0.5) is 0 Å². The van der Waals surface area contributed by atoms with Crippen LogP contribution in [0, 0.1) is 5.92 Å². The first-order valence-electron chi connectivity index (χ1n) is 3.67. The molecule has 0 N–H and O–H groups in total. The highest BCUT2D eigenvalue weighted by atomic mass is 31.1. The first kappa shape index (κ1) is 7.60. The van der Waals surface area contributed by atoms with Gasteiger partial charge in [0.05, 0.1) is 7.85 Å². The van der Waals surface area contributed by atoms with Crippen LogP contribution >= 0.6 is 8.58 Å². The van der Waals surface area contributed by atoms with E-state index < -0.39 is 0 Å². The zero-order valence-corrected chi connectivity index (χ0v) is 7.22. The summed E-state index contributed by atoms with van der Waals surface area (Å²) in [6.45, 7) is 4.62. The summed E-state index contributed by atoms with van der Waals surface area (Å²) in [6.07, 6.45) is 2.53. The molecule has 4 unspecified atom stereocenters. The Balaban J connectivity index is 2.38. The maximum Gasteiger partial charge on any atom is 0.0699 e. The first-order chi connectivity index (χ1) is 4.24. The van der Waals surface area contributed by atoms with E-state index in [1.807, 2.05) is 0 Å². The summed E-state index contributed by atoms with van der Waals surface area (Å²) < 4.78 is 0. The smallest absolute Gasteiger partial charge is 0.0699 e. The fourth-order valence-electron chi connectivity index (χ4n) is 1.70. The van der Waals surface area contributed by atoms with E-state index in [1.165, 1.54) is 12.8 Å². The molecular formula is C7H14BP. The van der Waals surface area contributed by atoms with E-state index in [1.54, 1.807) is 0 Å². The Hall–Kier alpha value is 0.495. The highest BCUT2D eigenvalue weighted by Gasteiger charge is 2.26. The van der Waals surface area contributed by atoms with Crippen LogP contribution in [0.5, 0.6) is 0 Å². The van der Waals surface area contributed by atoms with Gasteiger partial charge in [-0.3, -0.25) is 0 Å². The summed E-state index contributed by atoms with van der Waals surface area (Å²) in [5.41, 5.74) is 0.944. The van der Waals surface area contributed by atoms with Gasteiger partial charge in [0.25, 0.3) is 0 Å².